The van der Waals surface area contributed by atoms with Crippen molar-refractivity contribution in [1.29, 1.82) is 0 Å². The molecule has 0 saturated heterocycles. The third kappa shape index (κ3) is 7.50. The number of phenolic OH excluding ortho intramolecular Hbond substituents is 1. The lowest BCUT2D eigenvalue weighted by atomic mass is 9.98. The second-order valence-electron chi connectivity index (χ2n) is 6.87. The Morgan fingerprint density at radius 3 is 1.96 bits per heavy atom. The molecule has 142 valence electrons. The first-order valence-electron chi connectivity index (χ1n) is 10.1. The van der Waals surface area contributed by atoms with Gasteiger partial charge in [-0.1, -0.05) is 65.5 Å². The lowest BCUT2D eigenvalue weighted by Crippen LogP contribution is -2.18. The van der Waals surface area contributed by atoms with E-state index in [4.69, 9.17) is 4.74 Å². The molecule has 0 aliphatic rings. The number of phenols is 1. The molecular weight excluding hydrogens is 312 g/mol. The SMILES string of the molecule is CCCCC(CCCC)OC(=O)CCc1cc(CC)c(O)c(CC)c1. The van der Waals surface area contributed by atoms with Crippen molar-refractivity contribution in [2.45, 2.75) is 98.0 Å². The van der Waals surface area contributed by atoms with Crippen molar-refractivity contribution in [2.24, 2.45) is 0 Å². The van der Waals surface area contributed by atoms with Gasteiger partial charge in [-0.3, -0.25) is 4.79 Å². The minimum absolute atomic E-state index is 0.0737. The quantitative estimate of drug-likeness (QED) is 0.490. The van der Waals surface area contributed by atoms with E-state index in [9.17, 15) is 9.90 Å². The molecule has 0 saturated carbocycles. The van der Waals surface area contributed by atoms with Gasteiger partial charge in [0.1, 0.15) is 11.9 Å². The second-order valence-corrected chi connectivity index (χ2v) is 6.87. The van der Waals surface area contributed by atoms with E-state index in [1.807, 2.05) is 26.0 Å². The Morgan fingerprint density at radius 1 is 1.00 bits per heavy atom. The van der Waals surface area contributed by atoms with Gasteiger partial charge in [0.15, 0.2) is 0 Å². The van der Waals surface area contributed by atoms with Crippen molar-refractivity contribution < 1.29 is 14.6 Å². The molecule has 3 heteroatoms. The summed E-state index contributed by atoms with van der Waals surface area (Å²) < 4.78 is 5.72. The summed E-state index contributed by atoms with van der Waals surface area (Å²) >= 11 is 0. The third-order valence-corrected chi connectivity index (χ3v) is 4.76. The molecule has 1 aromatic carbocycles. The first-order valence-corrected chi connectivity index (χ1v) is 10.1. The molecule has 0 atom stereocenters. The number of esters is 1. The molecule has 0 unspecified atom stereocenters. The summed E-state index contributed by atoms with van der Waals surface area (Å²) in [4.78, 5) is 12.3. The van der Waals surface area contributed by atoms with Crippen LogP contribution in [0, 0.1) is 0 Å². The molecule has 1 N–H and O–H groups in total. The normalized spacial score (nSPS) is 11.1. The molecule has 25 heavy (non-hydrogen) atoms. The molecule has 0 spiro atoms. The highest BCUT2D eigenvalue weighted by Crippen LogP contribution is 2.26. The van der Waals surface area contributed by atoms with E-state index in [1.165, 1.54) is 0 Å². The number of rotatable bonds is 12. The van der Waals surface area contributed by atoms with Gasteiger partial charge in [-0.05, 0) is 48.8 Å². The Morgan fingerprint density at radius 2 is 1.52 bits per heavy atom. The van der Waals surface area contributed by atoms with E-state index in [0.29, 0.717) is 18.6 Å². The number of aromatic hydroxyl groups is 1. The first-order chi connectivity index (χ1) is 12.0. The molecule has 0 radical (unpaired) electrons. The second kappa shape index (κ2) is 11.9. The van der Waals surface area contributed by atoms with E-state index < -0.39 is 0 Å². The van der Waals surface area contributed by atoms with E-state index in [1.54, 1.807) is 0 Å². The lowest BCUT2D eigenvalue weighted by molar-refractivity contribution is -0.149. The Kier molecular flexibility index (Phi) is 10.3. The van der Waals surface area contributed by atoms with Gasteiger partial charge in [0.05, 0.1) is 0 Å². The van der Waals surface area contributed by atoms with Crippen LogP contribution in [0.4, 0.5) is 0 Å². The van der Waals surface area contributed by atoms with Crippen molar-refractivity contribution in [2.75, 3.05) is 0 Å². The molecule has 0 aliphatic heterocycles. The van der Waals surface area contributed by atoms with E-state index in [0.717, 1.165) is 68.1 Å². The van der Waals surface area contributed by atoms with Crippen LogP contribution < -0.4 is 0 Å². The summed E-state index contributed by atoms with van der Waals surface area (Å²) in [5.74, 6) is 0.317. The summed E-state index contributed by atoms with van der Waals surface area (Å²) in [6.07, 6.45) is 9.19. The molecule has 1 rings (SSSR count). The number of carbonyl (C=O) groups excluding carboxylic acids is 1. The summed E-state index contributed by atoms with van der Waals surface area (Å²) in [5.41, 5.74) is 3.04. The van der Waals surface area contributed by atoms with Crippen LogP contribution in [-0.2, 0) is 28.8 Å². The van der Waals surface area contributed by atoms with Crippen molar-refractivity contribution in [1.82, 2.24) is 0 Å². The first kappa shape index (κ1) is 21.5. The third-order valence-electron chi connectivity index (χ3n) is 4.76. The molecule has 1 aromatic rings. The smallest absolute Gasteiger partial charge is 0.306 e. The molecule has 3 nitrogen and oxygen atoms in total. The van der Waals surface area contributed by atoms with Gasteiger partial charge in [-0.2, -0.15) is 0 Å². The van der Waals surface area contributed by atoms with Crippen LogP contribution in [-0.4, -0.2) is 17.2 Å². The summed E-state index contributed by atoms with van der Waals surface area (Å²) in [5, 5.41) is 10.2. The van der Waals surface area contributed by atoms with Crippen LogP contribution in [0.1, 0.15) is 89.3 Å². The van der Waals surface area contributed by atoms with Crippen LogP contribution in [0.15, 0.2) is 12.1 Å². The van der Waals surface area contributed by atoms with Gasteiger partial charge < -0.3 is 9.84 Å². The fraction of sp³-hybridized carbons (Fsp3) is 0.682. The highest BCUT2D eigenvalue weighted by Gasteiger charge is 2.15. The summed E-state index contributed by atoms with van der Waals surface area (Å²) in [6.45, 7) is 8.41. The molecule has 0 aromatic heterocycles. The Labute approximate surface area is 153 Å². The summed E-state index contributed by atoms with van der Waals surface area (Å²) in [7, 11) is 0. The van der Waals surface area contributed by atoms with Gasteiger partial charge >= 0.3 is 5.97 Å². The number of benzene rings is 1. The highest BCUT2D eigenvalue weighted by molar-refractivity contribution is 5.70. The van der Waals surface area contributed by atoms with Crippen LogP contribution in [0.2, 0.25) is 0 Å². The zero-order valence-corrected chi connectivity index (χ0v) is 16.6. The van der Waals surface area contributed by atoms with Gasteiger partial charge in [0, 0.05) is 6.42 Å². The Bertz CT molecular complexity index is 489. The van der Waals surface area contributed by atoms with E-state index in [-0.39, 0.29) is 12.1 Å². The predicted octanol–water partition coefficient (Wildman–Crippen LogP) is 5.74. The topological polar surface area (TPSA) is 46.5 Å². The fourth-order valence-electron chi connectivity index (χ4n) is 3.13. The monoisotopic (exact) mass is 348 g/mol. The largest absolute Gasteiger partial charge is 0.507 e. The van der Waals surface area contributed by atoms with Crippen LogP contribution >= 0.6 is 0 Å². The van der Waals surface area contributed by atoms with Gasteiger partial charge in [-0.25, -0.2) is 0 Å². The van der Waals surface area contributed by atoms with Crippen molar-refractivity contribution >= 4 is 5.97 Å². The Hall–Kier alpha value is -1.51. The molecule has 0 heterocycles. The Balaban J connectivity index is 2.62. The van der Waals surface area contributed by atoms with Gasteiger partial charge in [0.25, 0.3) is 0 Å². The maximum Gasteiger partial charge on any atom is 0.306 e. The number of hydrogen-bond donors (Lipinski definition) is 1. The van der Waals surface area contributed by atoms with Gasteiger partial charge in [0.2, 0.25) is 0 Å². The lowest BCUT2D eigenvalue weighted by Gasteiger charge is -2.18. The molecule has 0 amide bonds. The maximum absolute atomic E-state index is 12.3. The fourth-order valence-corrected chi connectivity index (χ4v) is 3.13. The van der Waals surface area contributed by atoms with E-state index >= 15 is 0 Å². The maximum atomic E-state index is 12.3. The zero-order valence-electron chi connectivity index (χ0n) is 16.6. The number of hydrogen-bond acceptors (Lipinski definition) is 3. The van der Waals surface area contributed by atoms with Crippen molar-refractivity contribution in [3.05, 3.63) is 28.8 Å². The van der Waals surface area contributed by atoms with Crippen molar-refractivity contribution in [3.8, 4) is 5.75 Å². The van der Waals surface area contributed by atoms with Crippen LogP contribution in [0.25, 0.3) is 0 Å². The predicted molar refractivity (Wildman–Crippen MR) is 104 cm³/mol. The average Bonchev–Trinajstić information content (AvgIpc) is 2.62. The van der Waals surface area contributed by atoms with Gasteiger partial charge in [-0.15, -0.1) is 0 Å². The number of carbonyl (C=O) groups is 1. The van der Waals surface area contributed by atoms with Crippen LogP contribution in [0.3, 0.4) is 0 Å². The van der Waals surface area contributed by atoms with Crippen molar-refractivity contribution in [3.63, 3.8) is 0 Å². The minimum Gasteiger partial charge on any atom is -0.507 e. The highest BCUT2D eigenvalue weighted by atomic mass is 16.5. The molecule has 0 aliphatic carbocycles. The zero-order chi connectivity index (χ0) is 18.7. The molecule has 0 bridgehead atoms. The average molecular weight is 349 g/mol. The minimum atomic E-state index is -0.0959. The molecule has 0 fully saturated rings. The number of ether oxygens (including phenoxy) is 1. The summed E-state index contributed by atoms with van der Waals surface area (Å²) in [6, 6.07) is 4.04. The van der Waals surface area contributed by atoms with Crippen LogP contribution in [0.5, 0.6) is 5.75 Å². The number of unbranched alkanes of at least 4 members (excludes halogenated alkanes) is 2. The van der Waals surface area contributed by atoms with E-state index in [2.05, 4.69) is 13.8 Å². The standard InChI is InChI=1S/C22H36O3/c1-5-9-11-20(12-10-6-2)25-21(23)14-13-17-15-18(7-3)22(24)19(8-4)16-17/h15-16,20,24H,5-14H2,1-4H3. The number of aryl methyl sites for hydroxylation is 3. The molecular formula is C22H36O3.